The van der Waals surface area contributed by atoms with Crippen molar-refractivity contribution in [3.8, 4) is 5.75 Å². The SMILES string of the molecule is CN=C(NCCCNS(C)(=O)=O)NCCOc1ccc(C)cc1. The minimum absolute atomic E-state index is 0.402. The van der Waals surface area contributed by atoms with Gasteiger partial charge in [-0.05, 0) is 25.5 Å². The molecular formula is C15H26N4O3S. The third-order valence-corrected chi connectivity index (χ3v) is 3.65. The van der Waals surface area contributed by atoms with E-state index in [1.54, 1.807) is 7.05 Å². The van der Waals surface area contributed by atoms with Crippen LogP contribution in [0.4, 0.5) is 0 Å². The van der Waals surface area contributed by atoms with Gasteiger partial charge in [0.1, 0.15) is 12.4 Å². The van der Waals surface area contributed by atoms with Gasteiger partial charge in [-0.25, -0.2) is 13.1 Å². The zero-order chi connectivity index (χ0) is 17.1. The molecule has 0 aromatic heterocycles. The molecule has 1 aromatic rings. The topological polar surface area (TPSA) is 91.8 Å². The number of aryl methyl sites for hydroxylation is 1. The summed E-state index contributed by atoms with van der Waals surface area (Å²) >= 11 is 0. The number of aliphatic imine (C=N–C) groups is 1. The lowest BCUT2D eigenvalue weighted by molar-refractivity contribution is 0.322. The number of guanidine groups is 1. The van der Waals surface area contributed by atoms with Gasteiger partial charge in [-0.15, -0.1) is 0 Å². The lowest BCUT2D eigenvalue weighted by atomic mass is 10.2. The molecule has 0 aliphatic rings. The monoisotopic (exact) mass is 342 g/mol. The maximum absolute atomic E-state index is 10.9. The molecule has 0 saturated carbocycles. The maximum atomic E-state index is 10.9. The molecular weight excluding hydrogens is 316 g/mol. The minimum Gasteiger partial charge on any atom is -0.492 e. The standard InChI is InChI=1S/C15H26N4O3S/c1-13-5-7-14(8-6-13)22-12-11-18-15(16-2)17-9-4-10-19-23(3,20)21/h5-8,19H,4,9-12H2,1-3H3,(H2,16,17,18). The summed E-state index contributed by atoms with van der Waals surface area (Å²) in [6, 6.07) is 7.90. The Kier molecular flexibility index (Phi) is 8.42. The number of rotatable bonds is 9. The first-order valence-corrected chi connectivity index (χ1v) is 9.38. The van der Waals surface area contributed by atoms with Gasteiger partial charge >= 0.3 is 0 Å². The highest BCUT2D eigenvalue weighted by Gasteiger charge is 2.00. The highest BCUT2D eigenvalue weighted by atomic mass is 32.2. The largest absolute Gasteiger partial charge is 0.492 e. The van der Waals surface area contributed by atoms with Crippen molar-refractivity contribution in [2.45, 2.75) is 13.3 Å². The third kappa shape index (κ3) is 9.75. The van der Waals surface area contributed by atoms with Crippen LogP contribution in [0.1, 0.15) is 12.0 Å². The predicted molar refractivity (Wildman–Crippen MR) is 93.5 cm³/mol. The predicted octanol–water partition coefficient (Wildman–Crippen LogP) is 0.478. The molecule has 0 saturated heterocycles. The van der Waals surface area contributed by atoms with E-state index in [0.29, 0.717) is 38.6 Å². The molecule has 0 amide bonds. The van der Waals surface area contributed by atoms with Gasteiger partial charge in [0.2, 0.25) is 10.0 Å². The molecule has 3 N–H and O–H groups in total. The smallest absolute Gasteiger partial charge is 0.208 e. The molecule has 1 rings (SSSR count). The summed E-state index contributed by atoms with van der Waals surface area (Å²) in [6.45, 7) is 4.21. The Morgan fingerprint density at radius 2 is 1.78 bits per heavy atom. The summed E-state index contributed by atoms with van der Waals surface area (Å²) in [4.78, 5) is 4.09. The molecule has 0 spiro atoms. The van der Waals surface area contributed by atoms with E-state index in [2.05, 4.69) is 20.3 Å². The van der Waals surface area contributed by atoms with Crippen LogP contribution in [0.15, 0.2) is 29.3 Å². The van der Waals surface area contributed by atoms with Crippen LogP contribution in [0.5, 0.6) is 5.75 Å². The number of nitrogens with one attached hydrogen (secondary N) is 3. The van der Waals surface area contributed by atoms with Crippen LogP contribution in [0.2, 0.25) is 0 Å². The van der Waals surface area contributed by atoms with Gasteiger partial charge in [-0.2, -0.15) is 0 Å². The molecule has 0 heterocycles. The number of hydrogen-bond acceptors (Lipinski definition) is 4. The molecule has 0 fully saturated rings. The first kappa shape index (κ1) is 19.2. The van der Waals surface area contributed by atoms with E-state index in [1.807, 2.05) is 31.2 Å². The van der Waals surface area contributed by atoms with Crippen LogP contribution in [-0.2, 0) is 10.0 Å². The minimum atomic E-state index is -3.12. The Hall–Kier alpha value is -1.80. The number of benzene rings is 1. The zero-order valence-corrected chi connectivity index (χ0v) is 14.7. The first-order valence-electron chi connectivity index (χ1n) is 7.49. The summed E-state index contributed by atoms with van der Waals surface area (Å²) in [5.41, 5.74) is 1.20. The zero-order valence-electron chi connectivity index (χ0n) is 13.9. The van der Waals surface area contributed by atoms with Crippen molar-refractivity contribution in [1.82, 2.24) is 15.4 Å². The molecule has 0 atom stereocenters. The van der Waals surface area contributed by atoms with E-state index in [-0.39, 0.29) is 0 Å². The van der Waals surface area contributed by atoms with Crippen molar-refractivity contribution in [3.05, 3.63) is 29.8 Å². The molecule has 1 aromatic carbocycles. The Morgan fingerprint density at radius 1 is 1.13 bits per heavy atom. The molecule has 7 nitrogen and oxygen atoms in total. The quantitative estimate of drug-likeness (QED) is 0.345. The van der Waals surface area contributed by atoms with Crippen LogP contribution in [0.25, 0.3) is 0 Å². The van der Waals surface area contributed by atoms with Gasteiger partial charge in [0.25, 0.3) is 0 Å². The van der Waals surface area contributed by atoms with Crippen LogP contribution < -0.4 is 20.1 Å². The number of nitrogens with zero attached hydrogens (tertiary/aromatic N) is 1. The van der Waals surface area contributed by atoms with Crippen LogP contribution in [0, 0.1) is 6.92 Å². The van der Waals surface area contributed by atoms with Crippen molar-refractivity contribution in [1.29, 1.82) is 0 Å². The second-order valence-electron chi connectivity index (χ2n) is 5.11. The Bertz CT molecular complexity index is 585. The van der Waals surface area contributed by atoms with Crippen molar-refractivity contribution in [3.63, 3.8) is 0 Å². The van der Waals surface area contributed by atoms with Gasteiger partial charge in [-0.1, -0.05) is 17.7 Å². The average Bonchev–Trinajstić information content (AvgIpc) is 2.49. The number of hydrogen-bond donors (Lipinski definition) is 3. The van der Waals surface area contributed by atoms with E-state index < -0.39 is 10.0 Å². The molecule has 23 heavy (non-hydrogen) atoms. The summed E-state index contributed by atoms with van der Waals surface area (Å²) in [6.07, 6.45) is 1.82. The average molecular weight is 342 g/mol. The van der Waals surface area contributed by atoms with E-state index in [4.69, 9.17) is 4.74 Å². The normalized spacial score (nSPS) is 12.0. The summed E-state index contributed by atoms with van der Waals surface area (Å²) < 4.78 is 29.9. The van der Waals surface area contributed by atoms with Gasteiger partial charge in [0, 0.05) is 20.1 Å². The molecule has 0 aliphatic heterocycles. The van der Waals surface area contributed by atoms with Crippen molar-refractivity contribution in [2.75, 3.05) is 39.5 Å². The Morgan fingerprint density at radius 3 is 2.39 bits per heavy atom. The molecule has 0 unspecified atom stereocenters. The third-order valence-electron chi connectivity index (χ3n) is 2.92. The van der Waals surface area contributed by atoms with Crippen LogP contribution >= 0.6 is 0 Å². The lowest BCUT2D eigenvalue weighted by Gasteiger charge is -2.12. The van der Waals surface area contributed by atoms with E-state index in [9.17, 15) is 8.42 Å². The van der Waals surface area contributed by atoms with Crippen molar-refractivity contribution < 1.29 is 13.2 Å². The van der Waals surface area contributed by atoms with E-state index in [0.717, 1.165) is 12.0 Å². The second kappa shape index (κ2) is 10.1. The number of ether oxygens (including phenoxy) is 1. The van der Waals surface area contributed by atoms with Gasteiger partial charge in [-0.3, -0.25) is 4.99 Å². The fraction of sp³-hybridized carbons (Fsp3) is 0.533. The van der Waals surface area contributed by atoms with Crippen molar-refractivity contribution >= 4 is 16.0 Å². The molecule has 8 heteroatoms. The summed E-state index contributed by atoms with van der Waals surface area (Å²) in [5.74, 6) is 1.50. The van der Waals surface area contributed by atoms with Gasteiger partial charge < -0.3 is 15.4 Å². The molecule has 0 bridgehead atoms. The Balaban J connectivity index is 2.13. The summed E-state index contributed by atoms with van der Waals surface area (Å²) in [7, 11) is -1.43. The van der Waals surface area contributed by atoms with Gasteiger partial charge in [0.05, 0.1) is 12.8 Å². The lowest BCUT2D eigenvalue weighted by Crippen LogP contribution is -2.40. The fourth-order valence-electron chi connectivity index (χ4n) is 1.75. The van der Waals surface area contributed by atoms with Crippen LogP contribution in [-0.4, -0.2) is 53.9 Å². The maximum Gasteiger partial charge on any atom is 0.208 e. The molecule has 130 valence electrons. The molecule has 0 aliphatic carbocycles. The first-order chi connectivity index (χ1) is 10.9. The van der Waals surface area contributed by atoms with E-state index >= 15 is 0 Å². The van der Waals surface area contributed by atoms with Crippen molar-refractivity contribution in [2.24, 2.45) is 4.99 Å². The Labute approximate surface area is 138 Å². The highest BCUT2D eigenvalue weighted by Crippen LogP contribution is 2.10. The van der Waals surface area contributed by atoms with Crippen LogP contribution in [0.3, 0.4) is 0 Å². The highest BCUT2D eigenvalue weighted by molar-refractivity contribution is 7.88. The van der Waals surface area contributed by atoms with Gasteiger partial charge in [0.15, 0.2) is 5.96 Å². The number of sulfonamides is 1. The summed E-state index contributed by atoms with van der Waals surface area (Å²) in [5, 5.41) is 6.24. The fourth-order valence-corrected chi connectivity index (χ4v) is 2.26. The second-order valence-corrected chi connectivity index (χ2v) is 6.94. The van der Waals surface area contributed by atoms with E-state index in [1.165, 1.54) is 5.56 Å². The molecule has 0 radical (unpaired) electrons.